The maximum absolute atomic E-state index is 12.7. The molecule has 0 heterocycles. The predicted octanol–water partition coefficient (Wildman–Crippen LogP) is 4.66. The van der Waals surface area contributed by atoms with E-state index in [1.54, 1.807) is 0 Å². The van der Waals surface area contributed by atoms with Gasteiger partial charge in [0, 0.05) is 12.1 Å². The molecule has 0 aliphatic carbocycles. The van der Waals surface area contributed by atoms with Crippen molar-refractivity contribution in [2.75, 3.05) is 4.90 Å². The lowest BCUT2D eigenvalue weighted by Gasteiger charge is -2.27. The van der Waals surface area contributed by atoms with Gasteiger partial charge in [0.25, 0.3) is 0 Å². The van der Waals surface area contributed by atoms with E-state index in [1.165, 1.54) is 0 Å². The summed E-state index contributed by atoms with van der Waals surface area (Å²) >= 11 is 0. The van der Waals surface area contributed by atoms with Gasteiger partial charge in [0.2, 0.25) is 5.91 Å². The Morgan fingerprint density at radius 2 is 1.43 bits per heavy atom. The van der Waals surface area contributed by atoms with Gasteiger partial charge in [-0.25, -0.2) is 0 Å². The Hall–Kier alpha value is -2.09. The number of hydrogen-bond acceptors (Lipinski definition) is 1. The molecule has 1 amide bonds. The van der Waals surface area contributed by atoms with Crippen LogP contribution in [0.25, 0.3) is 0 Å². The molecule has 110 valence electrons. The molecule has 0 spiro atoms. The molecule has 0 radical (unpaired) electrons. The van der Waals surface area contributed by atoms with Crippen molar-refractivity contribution >= 4 is 11.6 Å². The third-order valence-electron chi connectivity index (χ3n) is 3.23. The summed E-state index contributed by atoms with van der Waals surface area (Å²) in [5.74, 6) is 0.164. The molecule has 2 aromatic carbocycles. The van der Waals surface area contributed by atoms with E-state index < -0.39 is 0 Å². The number of carbonyl (C=O) groups excluding carboxylic acids is 1. The minimum atomic E-state index is -0.0131. The van der Waals surface area contributed by atoms with Gasteiger partial charge in [0.15, 0.2) is 0 Å². The summed E-state index contributed by atoms with van der Waals surface area (Å²) in [6.45, 7) is 6.89. The van der Waals surface area contributed by atoms with Gasteiger partial charge in [-0.3, -0.25) is 4.79 Å². The molecule has 2 heteroatoms. The predicted molar refractivity (Wildman–Crippen MR) is 88.1 cm³/mol. The van der Waals surface area contributed by atoms with Crippen molar-refractivity contribution in [3.63, 3.8) is 0 Å². The highest BCUT2D eigenvalue weighted by Crippen LogP contribution is 2.24. The summed E-state index contributed by atoms with van der Waals surface area (Å²) in [5, 5.41) is 0. The Bertz CT molecular complexity index is 570. The fraction of sp³-hybridized carbons (Fsp3) is 0.316. The average Bonchev–Trinajstić information content (AvgIpc) is 2.45. The average molecular weight is 281 g/mol. The van der Waals surface area contributed by atoms with E-state index >= 15 is 0 Å². The van der Waals surface area contributed by atoms with E-state index in [-0.39, 0.29) is 11.3 Å². The molecule has 0 aliphatic rings. The van der Waals surface area contributed by atoms with Crippen molar-refractivity contribution in [2.45, 2.75) is 33.7 Å². The van der Waals surface area contributed by atoms with E-state index in [0.717, 1.165) is 11.3 Å². The zero-order chi connectivity index (χ0) is 15.3. The van der Waals surface area contributed by atoms with Crippen LogP contribution < -0.4 is 4.90 Å². The van der Waals surface area contributed by atoms with Crippen LogP contribution in [0.3, 0.4) is 0 Å². The van der Waals surface area contributed by atoms with E-state index in [4.69, 9.17) is 0 Å². The van der Waals surface area contributed by atoms with E-state index in [2.05, 4.69) is 32.9 Å². The number of anilines is 1. The van der Waals surface area contributed by atoms with Crippen LogP contribution in [-0.4, -0.2) is 5.91 Å². The zero-order valence-electron chi connectivity index (χ0n) is 13.0. The van der Waals surface area contributed by atoms with Crippen LogP contribution in [0, 0.1) is 5.41 Å². The van der Waals surface area contributed by atoms with E-state index in [0.29, 0.717) is 13.0 Å². The highest BCUT2D eigenvalue weighted by molar-refractivity contribution is 5.93. The Morgan fingerprint density at radius 3 is 1.95 bits per heavy atom. The van der Waals surface area contributed by atoms with Gasteiger partial charge >= 0.3 is 0 Å². The van der Waals surface area contributed by atoms with Crippen molar-refractivity contribution in [3.05, 3.63) is 66.2 Å². The van der Waals surface area contributed by atoms with Crippen LogP contribution in [-0.2, 0) is 11.3 Å². The molecule has 0 saturated heterocycles. The number of benzene rings is 2. The van der Waals surface area contributed by atoms with Gasteiger partial charge in [0.05, 0.1) is 6.54 Å². The molecule has 0 aliphatic heterocycles. The van der Waals surface area contributed by atoms with Crippen molar-refractivity contribution in [2.24, 2.45) is 5.41 Å². The van der Waals surface area contributed by atoms with Gasteiger partial charge < -0.3 is 4.90 Å². The Labute approximate surface area is 127 Å². The van der Waals surface area contributed by atoms with Gasteiger partial charge in [-0.2, -0.15) is 0 Å². The molecule has 0 fully saturated rings. The molecular formula is C19H23NO. The molecule has 0 aromatic heterocycles. The minimum Gasteiger partial charge on any atom is -0.308 e. The van der Waals surface area contributed by atoms with E-state index in [9.17, 15) is 4.79 Å². The lowest BCUT2D eigenvalue weighted by molar-refractivity contribution is -0.120. The summed E-state index contributed by atoms with van der Waals surface area (Å²) in [6.07, 6.45) is 0.536. The highest BCUT2D eigenvalue weighted by Gasteiger charge is 2.22. The van der Waals surface area contributed by atoms with Crippen molar-refractivity contribution < 1.29 is 4.79 Å². The number of carbonyl (C=O) groups is 1. The largest absolute Gasteiger partial charge is 0.308 e. The number of hydrogen-bond donors (Lipinski definition) is 0. The third-order valence-corrected chi connectivity index (χ3v) is 3.23. The number of rotatable bonds is 4. The first kappa shape index (κ1) is 15.3. The Balaban J connectivity index is 2.25. The van der Waals surface area contributed by atoms with Crippen molar-refractivity contribution in [1.29, 1.82) is 0 Å². The van der Waals surface area contributed by atoms with Gasteiger partial charge in [-0.05, 0) is 23.1 Å². The maximum Gasteiger partial charge on any atom is 0.227 e. The second-order valence-corrected chi connectivity index (χ2v) is 6.54. The summed E-state index contributed by atoms with van der Waals surface area (Å²) in [6, 6.07) is 20.0. The molecule has 0 bridgehead atoms. The number of para-hydroxylation sites is 1. The topological polar surface area (TPSA) is 20.3 Å². The fourth-order valence-corrected chi connectivity index (χ4v) is 2.25. The molecule has 0 unspecified atom stereocenters. The number of nitrogens with zero attached hydrogens (tertiary/aromatic N) is 1. The second kappa shape index (κ2) is 6.57. The first-order chi connectivity index (χ1) is 9.96. The Kier molecular flexibility index (Phi) is 4.79. The summed E-state index contributed by atoms with van der Waals surface area (Å²) in [5.41, 5.74) is 2.08. The second-order valence-electron chi connectivity index (χ2n) is 6.54. The lowest BCUT2D eigenvalue weighted by atomic mass is 9.91. The fourth-order valence-electron chi connectivity index (χ4n) is 2.25. The smallest absolute Gasteiger partial charge is 0.227 e. The monoisotopic (exact) mass is 281 g/mol. The third kappa shape index (κ3) is 4.75. The summed E-state index contributed by atoms with van der Waals surface area (Å²) < 4.78 is 0. The van der Waals surface area contributed by atoms with Crippen LogP contribution >= 0.6 is 0 Å². The van der Waals surface area contributed by atoms with Crippen LogP contribution in [0.2, 0.25) is 0 Å². The zero-order valence-corrected chi connectivity index (χ0v) is 13.0. The standard InChI is InChI=1S/C19H23NO/c1-19(2,3)14-18(21)20(17-12-8-5-9-13-17)15-16-10-6-4-7-11-16/h4-13H,14-15H2,1-3H3. The van der Waals surface area contributed by atoms with Crippen molar-refractivity contribution in [3.8, 4) is 0 Å². The Morgan fingerprint density at radius 1 is 0.905 bits per heavy atom. The molecule has 21 heavy (non-hydrogen) atoms. The SMILES string of the molecule is CC(C)(C)CC(=O)N(Cc1ccccc1)c1ccccc1. The first-order valence-electron chi connectivity index (χ1n) is 7.35. The molecule has 0 N–H and O–H groups in total. The number of amides is 1. The minimum absolute atomic E-state index is 0.0131. The van der Waals surface area contributed by atoms with Crippen LogP contribution in [0.1, 0.15) is 32.8 Å². The lowest BCUT2D eigenvalue weighted by Crippen LogP contribution is -2.33. The maximum atomic E-state index is 12.7. The van der Waals surface area contributed by atoms with Crippen LogP contribution in [0.4, 0.5) is 5.69 Å². The summed E-state index contributed by atoms with van der Waals surface area (Å²) in [7, 11) is 0. The van der Waals surface area contributed by atoms with Gasteiger partial charge in [-0.15, -0.1) is 0 Å². The van der Waals surface area contributed by atoms with Gasteiger partial charge in [0.1, 0.15) is 0 Å². The highest BCUT2D eigenvalue weighted by atomic mass is 16.2. The van der Waals surface area contributed by atoms with Crippen LogP contribution in [0.15, 0.2) is 60.7 Å². The van der Waals surface area contributed by atoms with Gasteiger partial charge in [-0.1, -0.05) is 69.3 Å². The van der Waals surface area contributed by atoms with Crippen LogP contribution in [0.5, 0.6) is 0 Å². The van der Waals surface area contributed by atoms with E-state index in [1.807, 2.05) is 53.4 Å². The quantitative estimate of drug-likeness (QED) is 0.798. The summed E-state index contributed by atoms with van der Waals surface area (Å²) in [4.78, 5) is 14.6. The normalized spacial score (nSPS) is 11.2. The first-order valence-corrected chi connectivity index (χ1v) is 7.35. The molecule has 2 nitrogen and oxygen atoms in total. The molecule has 0 saturated carbocycles. The molecule has 0 atom stereocenters. The molecule has 2 aromatic rings. The molecular weight excluding hydrogens is 258 g/mol. The molecule has 2 rings (SSSR count). The van der Waals surface area contributed by atoms with Crippen molar-refractivity contribution in [1.82, 2.24) is 0 Å².